The maximum atomic E-state index is 13.2. The van der Waals surface area contributed by atoms with Gasteiger partial charge in [0.25, 0.3) is 5.56 Å². The Hall–Kier alpha value is -3.56. The number of H-pyrrole nitrogens is 1. The summed E-state index contributed by atoms with van der Waals surface area (Å²) >= 11 is 1.71. The first-order valence-corrected chi connectivity index (χ1v) is 13.1. The number of furan rings is 1. The fourth-order valence-electron chi connectivity index (χ4n) is 4.69. The Morgan fingerprint density at radius 3 is 2.75 bits per heavy atom. The number of hydrogen-bond acceptors (Lipinski definition) is 7. The van der Waals surface area contributed by atoms with Crippen LogP contribution in [0.4, 0.5) is 0 Å². The van der Waals surface area contributed by atoms with Gasteiger partial charge in [0.1, 0.15) is 12.3 Å². The molecule has 0 amide bonds. The van der Waals surface area contributed by atoms with Gasteiger partial charge in [0, 0.05) is 28.9 Å². The van der Waals surface area contributed by atoms with Crippen LogP contribution in [0.1, 0.15) is 59.0 Å². The Bertz CT molecular complexity index is 1490. The SMILES string of the molecule is CCC[C@@H](c1nnnn1Cc1ccco1)N(Cc1cccs1)Cc1cc2c(C)ccc(C)c2[nH]c1=O. The molecule has 36 heavy (non-hydrogen) atoms. The molecule has 0 aliphatic carbocycles. The number of pyridine rings is 1. The van der Waals surface area contributed by atoms with Crippen LogP contribution in [0.5, 0.6) is 0 Å². The van der Waals surface area contributed by atoms with Crippen LogP contribution in [-0.4, -0.2) is 30.1 Å². The summed E-state index contributed by atoms with van der Waals surface area (Å²) in [6.45, 7) is 7.89. The van der Waals surface area contributed by atoms with Crippen molar-refractivity contribution < 1.29 is 4.42 Å². The van der Waals surface area contributed by atoms with Crippen LogP contribution in [-0.2, 0) is 19.6 Å². The Morgan fingerprint density at radius 1 is 1.14 bits per heavy atom. The summed E-state index contributed by atoms with van der Waals surface area (Å²) in [4.78, 5) is 19.9. The summed E-state index contributed by atoms with van der Waals surface area (Å²) in [7, 11) is 0. The van der Waals surface area contributed by atoms with E-state index in [1.165, 1.54) is 4.88 Å². The molecule has 5 aromatic rings. The van der Waals surface area contributed by atoms with Crippen LogP contribution in [0.2, 0.25) is 0 Å². The average molecular weight is 503 g/mol. The second kappa shape index (κ2) is 10.6. The molecule has 9 heteroatoms. The van der Waals surface area contributed by atoms with E-state index in [2.05, 4.69) is 62.8 Å². The van der Waals surface area contributed by atoms with Crippen molar-refractivity contribution >= 4 is 22.2 Å². The van der Waals surface area contributed by atoms with Gasteiger partial charge in [-0.2, -0.15) is 0 Å². The van der Waals surface area contributed by atoms with Crippen molar-refractivity contribution in [2.45, 2.75) is 59.3 Å². The van der Waals surface area contributed by atoms with Crippen molar-refractivity contribution in [1.29, 1.82) is 0 Å². The minimum atomic E-state index is -0.0734. The third kappa shape index (κ3) is 5.03. The number of nitrogens with one attached hydrogen (secondary N) is 1. The standard InChI is InChI=1S/C27H30N6O2S/c1-4-7-24(26-29-30-31-33(26)16-21-8-5-12-35-21)32(17-22-9-6-13-36-22)15-20-14-23-18(2)10-11-19(3)25(23)28-27(20)34/h5-6,8-14,24H,4,7,15-17H2,1-3H3,(H,28,34)/t24-/m0/s1. The molecule has 186 valence electrons. The molecule has 1 aromatic carbocycles. The highest BCUT2D eigenvalue weighted by atomic mass is 32.1. The molecule has 5 rings (SSSR count). The summed E-state index contributed by atoms with van der Waals surface area (Å²) in [5, 5.41) is 15.9. The largest absolute Gasteiger partial charge is 0.467 e. The summed E-state index contributed by atoms with van der Waals surface area (Å²) < 4.78 is 7.35. The zero-order valence-electron chi connectivity index (χ0n) is 20.8. The first-order valence-electron chi connectivity index (χ1n) is 12.2. The highest BCUT2D eigenvalue weighted by molar-refractivity contribution is 7.09. The van der Waals surface area contributed by atoms with Gasteiger partial charge in [0.2, 0.25) is 0 Å². The second-order valence-corrected chi connectivity index (χ2v) is 10.2. The number of aryl methyl sites for hydroxylation is 2. The molecule has 0 bridgehead atoms. The number of benzene rings is 1. The summed E-state index contributed by atoms with van der Waals surface area (Å²) in [5.41, 5.74) is 3.79. The molecule has 0 saturated carbocycles. The van der Waals surface area contributed by atoms with Gasteiger partial charge in [0.15, 0.2) is 5.82 Å². The number of aromatic amines is 1. The van der Waals surface area contributed by atoms with Gasteiger partial charge in [-0.25, -0.2) is 4.68 Å². The molecule has 4 aromatic heterocycles. The molecular formula is C27H30N6O2S. The van der Waals surface area contributed by atoms with Crippen LogP contribution in [0.25, 0.3) is 10.9 Å². The van der Waals surface area contributed by atoms with Crippen molar-refractivity contribution in [3.8, 4) is 0 Å². The molecule has 0 spiro atoms. The van der Waals surface area contributed by atoms with E-state index in [1.54, 1.807) is 22.3 Å². The van der Waals surface area contributed by atoms with Crippen LogP contribution < -0.4 is 5.56 Å². The lowest BCUT2D eigenvalue weighted by Crippen LogP contribution is -2.32. The molecule has 4 heterocycles. The molecule has 0 aliphatic rings. The van der Waals surface area contributed by atoms with Gasteiger partial charge in [-0.15, -0.1) is 16.4 Å². The van der Waals surface area contributed by atoms with E-state index in [4.69, 9.17) is 4.42 Å². The fraction of sp³-hybridized carbons (Fsp3) is 0.333. The number of aromatic nitrogens is 5. The Kier molecular flexibility index (Phi) is 7.11. The maximum absolute atomic E-state index is 13.2. The van der Waals surface area contributed by atoms with Gasteiger partial charge in [0.05, 0.1) is 17.8 Å². The molecule has 0 saturated heterocycles. The van der Waals surface area contributed by atoms with Crippen molar-refractivity contribution in [3.63, 3.8) is 0 Å². The van der Waals surface area contributed by atoms with Gasteiger partial charge >= 0.3 is 0 Å². The van der Waals surface area contributed by atoms with Crippen molar-refractivity contribution in [2.24, 2.45) is 0 Å². The van der Waals surface area contributed by atoms with Crippen LogP contribution >= 0.6 is 11.3 Å². The second-order valence-electron chi connectivity index (χ2n) is 9.17. The molecule has 0 aliphatic heterocycles. The number of tetrazole rings is 1. The third-order valence-electron chi connectivity index (χ3n) is 6.58. The Labute approximate surface area is 213 Å². The predicted molar refractivity (Wildman–Crippen MR) is 141 cm³/mol. The van der Waals surface area contributed by atoms with Gasteiger partial charge < -0.3 is 9.40 Å². The van der Waals surface area contributed by atoms with Crippen molar-refractivity contribution in [2.75, 3.05) is 0 Å². The summed E-state index contributed by atoms with van der Waals surface area (Å²) in [6, 6.07) is 14.1. The smallest absolute Gasteiger partial charge is 0.252 e. The number of nitrogens with zero attached hydrogens (tertiary/aromatic N) is 5. The first-order chi connectivity index (χ1) is 17.5. The summed E-state index contributed by atoms with van der Waals surface area (Å²) in [5.74, 6) is 1.56. The predicted octanol–water partition coefficient (Wildman–Crippen LogP) is 5.38. The summed E-state index contributed by atoms with van der Waals surface area (Å²) in [6.07, 6.45) is 3.46. The monoisotopic (exact) mass is 502 g/mol. The molecule has 1 N–H and O–H groups in total. The molecule has 0 radical (unpaired) electrons. The van der Waals surface area contributed by atoms with Gasteiger partial charge in [-0.05, 0) is 71.5 Å². The fourth-order valence-corrected chi connectivity index (χ4v) is 5.42. The maximum Gasteiger partial charge on any atom is 0.252 e. The number of fused-ring (bicyclic) bond motifs is 1. The zero-order chi connectivity index (χ0) is 25.1. The lowest BCUT2D eigenvalue weighted by Gasteiger charge is -2.30. The van der Waals surface area contributed by atoms with Gasteiger partial charge in [-0.3, -0.25) is 9.69 Å². The van der Waals surface area contributed by atoms with Crippen molar-refractivity contribution in [1.82, 2.24) is 30.1 Å². The normalized spacial score (nSPS) is 12.6. The third-order valence-corrected chi connectivity index (χ3v) is 7.44. The Balaban J connectivity index is 1.55. The highest BCUT2D eigenvalue weighted by Gasteiger charge is 2.27. The van der Waals surface area contributed by atoms with Crippen LogP contribution in [0.15, 0.2) is 63.3 Å². The van der Waals surface area contributed by atoms with Crippen molar-refractivity contribution in [3.05, 3.63) is 97.6 Å². The van der Waals surface area contributed by atoms with E-state index in [1.807, 2.05) is 31.2 Å². The minimum absolute atomic E-state index is 0.0576. The van der Waals surface area contributed by atoms with E-state index in [9.17, 15) is 4.79 Å². The Morgan fingerprint density at radius 2 is 2.00 bits per heavy atom. The van der Waals surface area contributed by atoms with Crippen LogP contribution in [0, 0.1) is 13.8 Å². The molecule has 0 fully saturated rings. The average Bonchev–Trinajstić information content (AvgIpc) is 3.65. The minimum Gasteiger partial charge on any atom is -0.467 e. The topological polar surface area (TPSA) is 92.8 Å². The lowest BCUT2D eigenvalue weighted by atomic mass is 10.0. The molecule has 0 unspecified atom stereocenters. The number of hydrogen-bond donors (Lipinski definition) is 1. The zero-order valence-corrected chi connectivity index (χ0v) is 21.6. The molecule has 8 nitrogen and oxygen atoms in total. The highest BCUT2D eigenvalue weighted by Crippen LogP contribution is 2.29. The first kappa shape index (κ1) is 24.1. The number of thiophene rings is 1. The van der Waals surface area contributed by atoms with E-state index in [0.717, 1.165) is 52.0 Å². The lowest BCUT2D eigenvalue weighted by molar-refractivity contribution is 0.157. The molecular weight excluding hydrogens is 472 g/mol. The quantitative estimate of drug-likeness (QED) is 0.276. The van der Waals surface area contributed by atoms with Crippen LogP contribution in [0.3, 0.4) is 0 Å². The van der Waals surface area contributed by atoms with E-state index in [-0.39, 0.29) is 11.6 Å². The van der Waals surface area contributed by atoms with E-state index in [0.29, 0.717) is 19.6 Å². The van der Waals surface area contributed by atoms with Gasteiger partial charge in [-0.1, -0.05) is 31.5 Å². The van der Waals surface area contributed by atoms with E-state index < -0.39 is 0 Å². The molecule has 1 atom stereocenters. The number of rotatable bonds is 10. The van der Waals surface area contributed by atoms with E-state index >= 15 is 0 Å².